The Morgan fingerprint density at radius 3 is 2.50 bits per heavy atom. The summed E-state index contributed by atoms with van der Waals surface area (Å²) in [6.45, 7) is -0.259. The zero-order valence-corrected chi connectivity index (χ0v) is 8.50. The lowest BCUT2D eigenvalue weighted by Gasteiger charge is -2.26. The summed E-state index contributed by atoms with van der Waals surface area (Å²) in [6, 6.07) is 0. The third-order valence-electron chi connectivity index (χ3n) is 2.64. The maximum Gasteiger partial charge on any atom is 0.308 e. The van der Waals surface area contributed by atoms with Gasteiger partial charge in [0.25, 0.3) is 0 Å². The zero-order valence-electron chi connectivity index (χ0n) is 8.50. The first kappa shape index (κ1) is 11.4. The molecule has 3 nitrogen and oxygen atoms in total. The van der Waals surface area contributed by atoms with Gasteiger partial charge in [0.1, 0.15) is 6.67 Å². The van der Waals surface area contributed by atoms with Crippen LogP contribution in [0.25, 0.3) is 0 Å². The molecule has 0 atom stereocenters. The summed E-state index contributed by atoms with van der Waals surface area (Å²) in [5.74, 6) is -0.112. The first-order valence-corrected chi connectivity index (χ1v) is 5.03. The lowest BCUT2D eigenvalue weighted by molar-refractivity contribution is -0.147. The second kappa shape index (κ2) is 5.96. The lowest BCUT2D eigenvalue weighted by atomic mass is 9.87. The van der Waals surface area contributed by atoms with Crippen molar-refractivity contribution in [1.82, 2.24) is 0 Å². The molecule has 4 heteroatoms. The van der Waals surface area contributed by atoms with Crippen molar-refractivity contribution in [3.63, 3.8) is 0 Å². The van der Waals surface area contributed by atoms with Gasteiger partial charge in [0.2, 0.25) is 0 Å². The minimum atomic E-state index is -0.434. The second-order valence-corrected chi connectivity index (χ2v) is 3.56. The van der Waals surface area contributed by atoms with Gasteiger partial charge in [-0.05, 0) is 25.7 Å². The Labute approximate surface area is 83.6 Å². The van der Waals surface area contributed by atoms with Crippen LogP contribution < -0.4 is 0 Å². The largest absolute Gasteiger partial charge is 0.469 e. The van der Waals surface area contributed by atoms with E-state index in [0.29, 0.717) is 0 Å². The van der Waals surface area contributed by atoms with E-state index in [9.17, 15) is 9.18 Å². The van der Waals surface area contributed by atoms with Crippen LogP contribution in [-0.2, 0) is 14.3 Å². The van der Waals surface area contributed by atoms with E-state index in [-0.39, 0.29) is 24.6 Å². The number of esters is 1. The number of hydrogen-bond donors (Lipinski definition) is 0. The molecule has 1 rings (SSSR count). The lowest BCUT2D eigenvalue weighted by Crippen LogP contribution is -2.27. The second-order valence-electron chi connectivity index (χ2n) is 3.56. The Morgan fingerprint density at radius 1 is 1.36 bits per heavy atom. The zero-order chi connectivity index (χ0) is 10.4. The van der Waals surface area contributed by atoms with Crippen molar-refractivity contribution in [2.24, 2.45) is 5.92 Å². The monoisotopic (exact) mass is 204 g/mol. The maximum absolute atomic E-state index is 11.8. The molecule has 0 amide bonds. The van der Waals surface area contributed by atoms with Crippen molar-refractivity contribution in [3.05, 3.63) is 0 Å². The molecule has 14 heavy (non-hydrogen) atoms. The summed E-state index contributed by atoms with van der Waals surface area (Å²) in [7, 11) is 1.41. The van der Waals surface area contributed by atoms with E-state index in [2.05, 4.69) is 4.74 Å². The van der Waals surface area contributed by atoms with Gasteiger partial charge in [0, 0.05) is 0 Å². The Kier molecular flexibility index (Phi) is 4.87. The van der Waals surface area contributed by atoms with Gasteiger partial charge in [0.15, 0.2) is 0 Å². The average molecular weight is 204 g/mol. The highest BCUT2D eigenvalue weighted by Crippen LogP contribution is 2.26. The Balaban J connectivity index is 2.20. The van der Waals surface area contributed by atoms with Gasteiger partial charge in [0.05, 0.1) is 25.7 Å². The quantitative estimate of drug-likeness (QED) is 0.654. The van der Waals surface area contributed by atoms with Crippen molar-refractivity contribution >= 4 is 5.97 Å². The fraction of sp³-hybridized carbons (Fsp3) is 0.900. The van der Waals surface area contributed by atoms with Crippen LogP contribution >= 0.6 is 0 Å². The molecule has 0 bridgehead atoms. The Bertz CT molecular complexity index is 176. The number of alkyl halides is 1. The van der Waals surface area contributed by atoms with Gasteiger partial charge in [-0.3, -0.25) is 4.79 Å². The first-order valence-electron chi connectivity index (χ1n) is 5.03. The van der Waals surface area contributed by atoms with Crippen molar-refractivity contribution < 1.29 is 18.7 Å². The summed E-state index contributed by atoms with van der Waals surface area (Å²) < 4.78 is 21.7. The molecule has 1 saturated carbocycles. The van der Waals surface area contributed by atoms with E-state index in [1.807, 2.05) is 0 Å². The molecule has 0 spiro atoms. The molecular weight excluding hydrogens is 187 g/mol. The normalized spacial score (nSPS) is 27.3. The molecule has 0 unspecified atom stereocenters. The van der Waals surface area contributed by atoms with Gasteiger partial charge in [-0.2, -0.15) is 0 Å². The molecular formula is C10H17FO3. The molecule has 0 aromatic heterocycles. The summed E-state index contributed by atoms with van der Waals surface area (Å²) in [5, 5.41) is 0. The minimum Gasteiger partial charge on any atom is -0.469 e. The van der Waals surface area contributed by atoms with E-state index in [4.69, 9.17) is 4.74 Å². The molecule has 1 aliphatic rings. The van der Waals surface area contributed by atoms with Gasteiger partial charge >= 0.3 is 5.97 Å². The molecule has 1 fully saturated rings. The SMILES string of the molecule is COC(=O)[C@H]1CC[C@H](OCCF)CC1. The van der Waals surface area contributed by atoms with Crippen LogP contribution in [0.3, 0.4) is 0 Å². The van der Waals surface area contributed by atoms with E-state index in [0.717, 1.165) is 25.7 Å². The third-order valence-corrected chi connectivity index (χ3v) is 2.64. The highest BCUT2D eigenvalue weighted by atomic mass is 19.1. The molecule has 0 aromatic carbocycles. The molecule has 1 aliphatic carbocycles. The summed E-state index contributed by atoms with van der Waals surface area (Å²) in [6.07, 6.45) is 3.39. The van der Waals surface area contributed by atoms with Crippen LogP contribution in [-0.4, -0.2) is 32.5 Å². The number of halogens is 1. The fourth-order valence-electron chi connectivity index (χ4n) is 1.84. The minimum absolute atomic E-state index is 0.0187. The van der Waals surface area contributed by atoms with Crippen LogP contribution in [0.4, 0.5) is 4.39 Å². The van der Waals surface area contributed by atoms with E-state index < -0.39 is 6.67 Å². The molecule has 0 radical (unpaired) electrons. The van der Waals surface area contributed by atoms with Crippen molar-refractivity contribution in [2.75, 3.05) is 20.4 Å². The van der Waals surface area contributed by atoms with E-state index in [1.54, 1.807) is 0 Å². The van der Waals surface area contributed by atoms with Crippen LogP contribution in [0.15, 0.2) is 0 Å². The van der Waals surface area contributed by atoms with Crippen molar-refractivity contribution in [1.29, 1.82) is 0 Å². The average Bonchev–Trinajstić information content (AvgIpc) is 2.26. The first-order chi connectivity index (χ1) is 6.77. The van der Waals surface area contributed by atoms with Gasteiger partial charge < -0.3 is 9.47 Å². The number of hydrogen-bond acceptors (Lipinski definition) is 3. The smallest absolute Gasteiger partial charge is 0.308 e. The van der Waals surface area contributed by atoms with E-state index in [1.165, 1.54) is 7.11 Å². The Hall–Kier alpha value is -0.640. The molecule has 0 N–H and O–H groups in total. The highest BCUT2D eigenvalue weighted by Gasteiger charge is 2.26. The number of methoxy groups -OCH3 is 1. The predicted octanol–water partition coefficient (Wildman–Crippen LogP) is 1.70. The number of ether oxygens (including phenoxy) is 2. The highest BCUT2D eigenvalue weighted by molar-refractivity contribution is 5.72. The summed E-state index contributed by atoms with van der Waals surface area (Å²) in [4.78, 5) is 11.2. The summed E-state index contributed by atoms with van der Waals surface area (Å²) >= 11 is 0. The van der Waals surface area contributed by atoms with Crippen molar-refractivity contribution in [2.45, 2.75) is 31.8 Å². The number of carbonyl (C=O) groups is 1. The molecule has 0 aliphatic heterocycles. The molecule has 0 heterocycles. The number of rotatable bonds is 4. The van der Waals surface area contributed by atoms with Crippen LogP contribution in [0, 0.1) is 5.92 Å². The van der Waals surface area contributed by atoms with E-state index >= 15 is 0 Å². The number of carbonyl (C=O) groups excluding carboxylic acids is 1. The van der Waals surface area contributed by atoms with Gasteiger partial charge in [-0.1, -0.05) is 0 Å². The van der Waals surface area contributed by atoms with Gasteiger partial charge in [-0.25, -0.2) is 4.39 Å². The van der Waals surface area contributed by atoms with Crippen molar-refractivity contribution in [3.8, 4) is 0 Å². The maximum atomic E-state index is 11.8. The topological polar surface area (TPSA) is 35.5 Å². The van der Waals surface area contributed by atoms with Crippen LogP contribution in [0.2, 0.25) is 0 Å². The molecule has 0 aromatic rings. The standard InChI is InChI=1S/C10H17FO3/c1-13-10(12)8-2-4-9(5-3-8)14-7-6-11/h8-9H,2-7H2,1H3/t8-,9-. The van der Waals surface area contributed by atoms with Crippen LogP contribution in [0.5, 0.6) is 0 Å². The third kappa shape index (κ3) is 3.25. The van der Waals surface area contributed by atoms with Gasteiger partial charge in [-0.15, -0.1) is 0 Å². The Morgan fingerprint density at radius 2 is 2.00 bits per heavy atom. The summed E-state index contributed by atoms with van der Waals surface area (Å²) in [5.41, 5.74) is 0. The van der Waals surface area contributed by atoms with Crippen LogP contribution in [0.1, 0.15) is 25.7 Å². The molecule has 82 valence electrons. The molecule has 0 saturated heterocycles. The predicted molar refractivity (Wildman–Crippen MR) is 49.7 cm³/mol. The fourth-order valence-corrected chi connectivity index (χ4v) is 1.84.